The van der Waals surface area contributed by atoms with E-state index in [1.807, 2.05) is 0 Å². The van der Waals surface area contributed by atoms with Crippen molar-refractivity contribution in [2.45, 2.75) is 83.7 Å². The normalized spacial score (nSPS) is 34.7. The molecular formula is C19H36N2. The van der Waals surface area contributed by atoms with Gasteiger partial charge in [0.05, 0.1) is 0 Å². The highest BCUT2D eigenvalue weighted by atomic mass is 15.2. The first kappa shape index (κ1) is 15.8. The third-order valence-corrected chi connectivity index (χ3v) is 6.48. The summed E-state index contributed by atoms with van der Waals surface area (Å²) in [7, 11) is 0. The van der Waals surface area contributed by atoms with Gasteiger partial charge in [-0.15, -0.1) is 0 Å². The van der Waals surface area contributed by atoms with Gasteiger partial charge < -0.3 is 10.2 Å². The van der Waals surface area contributed by atoms with Crippen molar-refractivity contribution in [1.29, 1.82) is 0 Å². The lowest BCUT2D eigenvalue weighted by Crippen LogP contribution is -2.58. The minimum absolute atomic E-state index is 0.733. The summed E-state index contributed by atoms with van der Waals surface area (Å²) in [4.78, 5) is 2.73. The third-order valence-electron chi connectivity index (χ3n) is 6.48. The van der Waals surface area contributed by atoms with Gasteiger partial charge in [0, 0.05) is 25.2 Å². The second kappa shape index (κ2) is 7.46. The first-order valence-corrected chi connectivity index (χ1v) is 9.71. The number of likely N-dealkylation sites (tertiary alicyclic amines) is 1. The Balaban J connectivity index is 1.42. The number of nitrogens with zero attached hydrogens (tertiary/aromatic N) is 1. The molecule has 2 nitrogen and oxygen atoms in total. The minimum atomic E-state index is 0.733. The summed E-state index contributed by atoms with van der Waals surface area (Å²) in [5.74, 6) is 2.91. The van der Waals surface area contributed by atoms with Crippen LogP contribution in [0.1, 0.15) is 71.6 Å². The second-order valence-electron chi connectivity index (χ2n) is 8.27. The van der Waals surface area contributed by atoms with Gasteiger partial charge in [-0.2, -0.15) is 0 Å². The van der Waals surface area contributed by atoms with Crippen molar-refractivity contribution >= 4 is 0 Å². The summed E-state index contributed by atoms with van der Waals surface area (Å²) in [6.45, 7) is 8.69. The van der Waals surface area contributed by atoms with Crippen LogP contribution in [0.15, 0.2) is 0 Å². The molecule has 2 unspecified atom stereocenters. The zero-order valence-electron chi connectivity index (χ0n) is 14.3. The zero-order valence-corrected chi connectivity index (χ0v) is 14.3. The molecule has 3 fully saturated rings. The first-order chi connectivity index (χ1) is 10.2. The molecule has 0 aromatic rings. The van der Waals surface area contributed by atoms with Crippen LogP contribution in [-0.2, 0) is 0 Å². The van der Waals surface area contributed by atoms with Crippen molar-refractivity contribution < 1.29 is 0 Å². The smallest absolute Gasteiger partial charge is 0.0148 e. The van der Waals surface area contributed by atoms with E-state index in [-0.39, 0.29) is 0 Å². The van der Waals surface area contributed by atoms with E-state index < -0.39 is 0 Å². The molecule has 1 N–H and O–H groups in total. The van der Waals surface area contributed by atoms with Gasteiger partial charge in [-0.3, -0.25) is 0 Å². The Kier molecular flexibility index (Phi) is 5.61. The van der Waals surface area contributed by atoms with Crippen molar-refractivity contribution in [3.05, 3.63) is 0 Å². The van der Waals surface area contributed by atoms with E-state index in [2.05, 4.69) is 24.1 Å². The van der Waals surface area contributed by atoms with Crippen LogP contribution in [0, 0.1) is 17.8 Å². The predicted molar refractivity (Wildman–Crippen MR) is 90.5 cm³/mol. The molecule has 0 spiro atoms. The fraction of sp³-hybridized carbons (Fsp3) is 1.00. The predicted octanol–water partition coefficient (Wildman–Crippen LogP) is 4.06. The van der Waals surface area contributed by atoms with E-state index in [0.717, 1.165) is 29.8 Å². The molecule has 1 saturated heterocycles. The average molecular weight is 293 g/mol. The maximum absolute atomic E-state index is 3.98. The van der Waals surface area contributed by atoms with Gasteiger partial charge in [-0.05, 0) is 63.8 Å². The van der Waals surface area contributed by atoms with Gasteiger partial charge in [0.1, 0.15) is 0 Å². The molecule has 3 aliphatic rings. The van der Waals surface area contributed by atoms with Gasteiger partial charge in [-0.25, -0.2) is 0 Å². The molecule has 1 heterocycles. The molecule has 2 heteroatoms. The monoisotopic (exact) mass is 292 g/mol. The third kappa shape index (κ3) is 4.01. The number of nitrogens with one attached hydrogen (secondary N) is 1. The van der Waals surface area contributed by atoms with Gasteiger partial charge in [-0.1, -0.05) is 32.1 Å². The number of fused-ring (bicyclic) bond motifs is 2. The van der Waals surface area contributed by atoms with Crippen molar-refractivity contribution in [2.24, 2.45) is 17.8 Å². The summed E-state index contributed by atoms with van der Waals surface area (Å²) < 4.78 is 0. The molecule has 21 heavy (non-hydrogen) atoms. The van der Waals surface area contributed by atoms with Crippen LogP contribution in [0.25, 0.3) is 0 Å². The van der Waals surface area contributed by atoms with Gasteiger partial charge in [0.15, 0.2) is 0 Å². The van der Waals surface area contributed by atoms with Crippen LogP contribution in [0.3, 0.4) is 0 Å². The fourth-order valence-electron chi connectivity index (χ4n) is 5.19. The van der Waals surface area contributed by atoms with Crippen LogP contribution in [0.4, 0.5) is 0 Å². The largest absolute Gasteiger partial charge is 0.313 e. The molecule has 122 valence electrons. The summed E-state index contributed by atoms with van der Waals surface area (Å²) >= 11 is 0. The molecule has 2 saturated carbocycles. The van der Waals surface area contributed by atoms with Crippen molar-refractivity contribution in [2.75, 3.05) is 19.6 Å². The number of hydrogen-bond acceptors (Lipinski definition) is 2. The molecule has 0 aromatic carbocycles. The van der Waals surface area contributed by atoms with Crippen LogP contribution in [0.2, 0.25) is 0 Å². The maximum atomic E-state index is 3.98. The van der Waals surface area contributed by atoms with Gasteiger partial charge in [0.25, 0.3) is 0 Å². The zero-order chi connectivity index (χ0) is 14.7. The van der Waals surface area contributed by atoms with Crippen LogP contribution in [0.5, 0.6) is 0 Å². The SMILES string of the molecule is CC(C)N1CC2CCCC(C1)C2NCCCC1CCCC1. The quantitative estimate of drug-likeness (QED) is 0.743. The van der Waals surface area contributed by atoms with Crippen molar-refractivity contribution in [1.82, 2.24) is 10.2 Å². The topological polar surface area (TPSA) is 15.3 Å². The molecular weight excluding hydrogens is 256 g/mol. The Morgan fingerprint density at radius 2 is 1.62 bits per heavy atom. The average Bonchev–Trinajstić information content (AvgIpc) is 2.95. The summed E-state index contributed by atoms with van der Waals surface area (Å²) in [5.41, 5.74) is 0. The minimum Gasteiger partial charge on any atom is -0.313 e. The Morgan fingerprint density at radius 1 is 0.952 bits per heavy atom. The molecule has 2 atom stereocenters. The lowest BCUT2D eigenvalue weighted by molar-refractivity contribution is 0.0296. The van der Waals surface area contributed by atoms with E-state index in [1.54, 1.807) is 0 Å². The molecule has 1 aliphatic heterocycles. The van der Waals surface area contributed by atoms with Crippen LogP contribution >= 0.6 is 0 Å². The highest BCUT2D eigenvalue weighted by molar-refractivity contribution is 4.95. The number of rotatable bonds is 6. The van der Waals surface area contributed by atoms with E-state index in [0.29, 0.717) is 0 Å². The highest BCUT2D eigenvalue weighted by Gasteiger charge is 2.39. The number of hydrogen-bond donors (Lipinski definition) is 1. The number of piperidine rings is 1. The van der Waals surface area contributed by atoms with Crippen LogP contribution in [-0.4, -0.2) is 36.6 Å². The summed E-state index contributed by atoms with van der Waals surface area (Å²) in [5, 5.41) is 3.98. The maximum Gasteiger partial charge on any atom is 0.0148 e. The molecule has 2 bridgehead atoms. The molecule has 0 radical (unpaired) electrons. The van der Waals surface area contributed by atoms with Crippen molar-refractivity contribution in [3.8, 4) is 0 Å². The lowest BCUT2D eigenvalue weighted by Gasteiger charge is -2.49. The second-order valence-corrected chi connectivity index (χ2v) is 8.27. The summed E-state index contributed by atoms with van der Waals surface area (Å²) in [6.07, 6.45) is 13.3. The Labute approximate surface area is 132 Å². The van der Waals surface area contributed by atoms with E-state index in [4.69, 9.17) is 0 Å². The first-order valence-electron chi connectivity index (χ1n) is 9.71. The lowest BCUT2D eigenvalue weighted by atomic mass is 9.73. The fourth-order valence-corrected chi connectivity index (χ4v) is 5.19. The van der Waals surface area contributed by atoms with E-state index in [1.165, 1.54) is 77.4 Å². The molecule has 0 aromatic heterocycles. The van der Waals surface area contributed by atoms with E-state index in [9.17, 15) is 0 Å². The highest BCUT2D eigenvalue weighted by Crippen LogP contribution is 2.35. The van der Waals surface area contributed by atoms with E-state index >= 15 is 0 Å². The molecule has 2 aliphatic carbocycles. The molecule has 3 rings (SSSR count). The standard InChI is InChI=1S/C19H36N2/c1-15(2)21-13-17-10-5-11-18(14-21)19(17)20-12-6-9-16-7-3-4-8-16/h15-20H,3-14H2,1-2H3. The van der Waals surface area contributed by atoms with Gasteiger partial charge >= 0.3 is 0 Å². The Hall–Kier alpha value is -0.0800. The summed E-state index contributed by atoms with van der Waals surface area (Å²) in [6, 6.07) is 1.56. The van der Waals surface area contributed by atoms with Crippen molar-refractivity contribution in [3.63, 3.8) is 0 Å². The van der Waals surface area contributed by atoms with Gasteiger partial charge in [0.2, 0.25) is 0 Å². The Bertz CT molecular complexity index is 295. The van der Waals surface area contributed by atoms with Crippen LogP contribution < -0.4 is 5.32 Å². The Morgan fingerprint density at radius 3 is 2.24 bits per heavy atom. The molecule has 0 amide bonds.